The van der Waals surface area contributed by atoms with Crippen LogP contribution in [-0.4, -0.2) is 42.1 Å². The Bertz CT molecular complexity index is 873. The maximum absolute atomic E-state index is 12.1. The summed E-state index contributed by atoms with van der Waals surface area (Å²) < 4.78 is 1.63. The Balaban J connectivity index is 1.62. The molecule has 0 radical (unpaired) electrons. The van der Waals surface area contributed by atoms with E-state index >= 15 is 0 Å². The molecule has 2 heterocycles. The third-order valence-corrected chi connectivity index (χ3v) is 5.50. The number of hydrogen-bond donors (Lipinski definition) is 1. The van der Waals surface area contributed by atoms with E-state index in [1.807, 2.05) is 19.1 Å². The molecule has 3 rings (SSSR count). The molecule has 0 atom stereocenters. The Labute approximate surface area is 159 Å². The van der Waals surface area contributed by atoms with Crippen molar-refractivity contribution in [3.63, 3.8) is 0 Å². The summed E-state index contributed by atoms with van der Waals surface area (Å²) in [5, 5.41) is 24.4. The van der Waals surface area contributed by atoms with Gasteiger partial charge in [0.1, 0.15) is 5.01 Å². The molecule has 0 aliphatic rings. The van der Waals surface area contributed by atoms with Crippen LogP contribution in [0.1, 0.15) is 37.3 Å². The average molecular weight is 390 g/mol. The number of carbonyl (C=O) groups excluding carboxylic acids is 1. The SMILES string of the molecule is CCc1nnc(NC(=O)CSc2nnnn2-c2ccc(C(C)C)cc2)s1. The van der Waals surface area contributed by atoms with Crippen LogP contribution in [0.4, 0.5) is 5.13 Å². The van der Waals surface area contributed by atoms with Crippen molar-refractivity contribution in [3.8, 4) is 5.69 Å². The Morgan fingerprint density at radius 2 is 2.00 bits per heavy atom. The van der Waals surface area contributed by atoms with Gasteiger partial charge in [0.15, 0.2) is 0 Å². The fourth-order valence-corrected chi connectivity index (χ4v) is 3.55. The molecule has 0 aliphatic carbocycles. The minimum absolute atomic E-state index is 0.168. The molecule has 0 spiro atoms. The first-order valence-corrected chi connectivity index (χ1v) is 10.0. The molecule has 8 nitrogen and oxygen atoms in total. The van der Waals surface area contributed by atoms with E-state index in [4.69, 9.17) is 0 Å². The number of benzene rings is 1. The fourth-order valence-electron chi connectivity index (χ4n) is 2.16. The summed E-state index contributed by atoms with van der Waals surface area (Å²) in [6, 6.07) is 8.07. The number of tetrazole rings is 1. The maximum atomic E-state index is 12.1. The second-order valence-corrected chi connectivity index (χ2v) is 7.82. The molecule has 0 saturated heterocycles. The standard InChI is InChI=1S/C16H19N7OS2/c1-4-14-18-19-15(26-14)17-13(24)9-25-16-20-21-22-23(16)12-7-5-11(6-8-12)10(2)3/h5-8,10H,4,9H2,1-3H3,(H,17,19,24). The first-order valence-electron chi connectivity index (χ1n) is 8.20. The molecule has 0 saturated carbocycles. The van der Waals surface area contributed by atoms with E-state index in [-0.39, 0.29) is 11.7 Å². The fraction of sp³-hybridized carbons (Fsp3) is 0.375. The van der Waals surface area contributed by atoms with Gasteiger partial charge in [-0.2, -0.15) is 4.68 Å². The Hall–Kier alpha value is -2.33. The molecule has 0 unspecified atom stereocenters. The van der Waals surface area contributed by atoms with E-state index in [1.54, 1.807) is 4.68 Å². The van der Waals surface area contributed by atoms with Gasteiger partial charge in [0.05, 0.1) is 11.4 Å². The largest absolute Gasteiger partial charge is 0.300 e. The minimum atomic E-state index is -0.168. The van der Waals surface area contributed by atoms with Crippen molar-refractivity contribution >= 4 is 34.1 Å². The summed E-state index contributed by atoms with van der Waals surface area (Å²) in [6.07, 6.45) is 0.798. The number of aromatic nitrogens is 6. The highest BCUT2D eigenvalue weighted by Gasteiger charge is 2.13. The highest BCUT2D eigenvalue weighted by Crippen LogP contribution is 2.21. The first-order chi connectivity index (χ1) is 12.6. The number of carbonyl (C=O) groups is 1. The van der Waals surface area contributed by atoms with Gasteiger partial charge in [-0.3, -0.25) is 10.1 Å². The van der Waals surface area contributed by atoms with Crippen LogP contribution < -0.4 is 5.32 Å². The molecule has 26 heavy (non-hydrogen) atoms. The van der Waals surface area contributed by atoms with Gasteiger partial charge >= 0.3 is 0 Å². The number of amides is 1. The van der Waals surface area contributed by atoms with Gasteiger partial charge in [0, 0.05) is 0 Å². The van der Waals surface area contributed by atoms with Crippen molar-refractivity contribution in [1.82, 2.24) is 30.4 Å². The van der Waals surface area contributed by atoms with E-state index in [2.05, 4.69) is 57.0 Å². The molecule has 0 bridgehead atoms. The van der Waals surface area contributed by atoms with Crippen LogP contribution in [0.15, 0.2) is 29.4 Å². The number of thioether (sulfide) groups is 1. The predicted octanol–water partition coefficient (Wildman–Crippen LogP) is 2.93. The Morgan fingerprint density at radius 1 is 1.23 bits per heavy atom. The number of nitrogens with one attached hydrogen (secondary N) is 1. The zero-order valence-electron chi connectivity index (χ0n) is 14.7. The second kappa shape index (κ2) is 8.37. The zero-order chi connectivity index (χ0) is 18.5. The van der Waals surface area contributed by atoms with Crippen molar-refractivity contribution in [2.75, 3.05) is 11.1 Å². The van der Waals surface area contributed by atoms with Gasteiger partial charge in [0.25, 0.3) is 0 Å². The Kier molecular flexibility index (Phi) is 5.94. The van der Waals surface area contributed by atoms with E-state index in [0.29, 0.717) is 16.2 Å². The highest BCUT2D eigenvalue weighted by molar-refractivity contribution is 7.99. The number of nitrogens with zero attached hydrogens (tertiary/aromatic N) is 6. The molecule has 0 aliphatic heterocycles. The van der Waals surface area contributed by atoms with Crippen LogP contribution in [0.2, 0.25) is 0 Å². The van der Waals surface area contributed by atoms with Crippen molar-refractivity contribution in [2.24, 2.45) is 0 Å². The van der Waals surface area contributed by atoms with Gasteiger partial charge in [-0.05, 0) is 40.5 Å². The quantitative estimate of drug-likeness (QED) is 0.620. The van der Waals surface area contributed by atoms with Crippen LogP contribution >= 0.6 is 23.1 Å². The molecule has 1 N–H and O–H groups in total. The lowest BCUT2D eigenvalue weighted by atomic mass is 10.0. The molecular formula is C16H19N7OS2. The second-order valence-electron chi connectivity index (χ2n) is 5.81. The lowest BCUT2D eigenvalue weighted by molar-refractivity contribution is -0.113. The van der Waals surface area contributed by atoms with Crippen LogP contribution in [0.3, 0.4) is 0 Å². The molecule has 10 heteroatoms. The summed E-state index contributed by atoms with van der Waals surface area (Å²) in [7, 11) is 0. The van der Waals surface area contributed by atoms with Gasteiger partial charge in [0.2, 0.25) is 16.2 Å². The number of hydrogen-bond acceptors (Lipinski definition) is 8. The van der Waals surface area contributed by atoms with Gasteiger partial charge in [-0.1, -0.05) is 56.0 Å². The van der Waals surface area contributed by atoms with Crippen LogP contribution in [0.5, 0.6) is 0 Å². The minimum Gasteiger partial charge on any atom is -0.300 e. The molecule has 136 valence electrons. The van der Waals surface area contributed by atoms with E-state index in [0.717, 1.165) is 17.1 Å². The number of aryl methyl sites for hydroxylation is 1. The number of rotatable bonds is 7. The summed E-state index contributed by atoms with van der Waals surface area (Å²) in [5.41, 5.74) is 2.11. The highest BCUT2D eigenvalue weighted by atomic mass is 32.2. The van der Waals surface area contributed by atoms with Crippen LogP contribution in [0.25, 0.3) is 5.69 Å². The summed E-state index contributed by atoms with van der Waals surface area (Å²) in [6.45, 7) is 6.29. The average Bonchev–Trinajstić information content (AvgIpc) is 3.29. The summed E-state index contributed by atoms with van der Waals surface area (Å²) >= 11 is 2.65. The van der Waals surface area contributed by atoms with Gasteiger partial charge in [-0.25, -0.2) is 0 Å². The van der Waals surface area contributed by atoms with Crippen LogP contribution in [-0.2, 0) is 11.2 Å². The molecule has 1 aromatic carbocycles. The van der Waals surface area contributed by atoms with E-state index < -0.39 is 0 Å². The van der Waals surface area contributed by atoms with Crippen molar-refractivity contribution < 1.29 is 4.79 Å². The lowest BCUT2D eigenvalue weighted by Gasteiger charge is -2.07. The van der Waals surface area contributed by atoms with Crippen molar-refractivity contribution in [2.45, 2.75) is 38.3 Å². The molecule has 3 aromatic rings. The van der Waals surface area contributed by atoms with Crippen LogP contribution in [0, 0.1) is 0 Å². The monoisotopic (exact) mass is 389 g/mol. The zero-order valence-corrected chi connectivity index (χ0v) is 16.3. The van der Waals surface area contributed by atoms with Gasteiger partial charge in [-0.15, -0.1) is 15.3 Å². The third-order valence-electron chi connectivity index (χ3n) is 3.59. The maximum Gasteiger partial charge on any atom is 0.236 e. The van der Waals surface area contributed by atoms with E-state index in [1.165, 1.54) is 28.7 Å². The smallest absolute Gasteiger partial charge is 0.236 e. The predicted molar refractivity (Wildman–Crippen MR) is 102 cm³/mol. The summed E-state index contributed by atoms with van der Waals surface area (Å²) in [4.78, 5) is 12.1. The molecule has 1 amide bonds. The summed E-state index contributed by atoms with van der Waals surface area (Å²) in [5.74, 6) is 0.480. The topological polar surface area (TPSA) is 98.5 Å². The first kappa shape index (κ1) is 18.5. The lowest BCUT2D eigenvalue weighted by Crippen LogP contribution is -2.14. The van der Waals surface area contributed by atoms with Crippen molar-refractivity contribution in [3.05, 3.63) is 34.8 Å². The normalized spacial score (nSPS) is 11.1. The number of anilines is 1. The van der Waals surface area contributed by atoms with E-state index in [9.17, 15) is 4.79 Å². The van der Waals surface area contributed by atoms with Crippen molar-refractivity contribution in [1.29, 1.82) is 0 Å². The molecular weight excluding hydrogens is 370 g/mol. The molecule has 0 fully saturated rings. The Morgan fingerprint density at radius 3 is 2.65 bits per heavy atom. The molecule has 2 aromatic heterocycles. The van der Waals surface area contributed by atoms with Gasteiger partial charge < -0.3 is 0 Å². The third kappa shape index (κ3) is 4.44.